The highest BCUT2D eigenvalue weighted by molar-refractivity contribution is 7.18. The normalized spacial score (nSPS) is 21.5. The van der Waals surface area contributed by atoms with Crippen molar-refractivity contribution in [2.75, 3.05) is 18.1 Å². The molecule has 12 heteroatoms. The molecule has 0 saturated heterocycles. The summed E-state index contributed by atoms with van der Waals surface area (Å²) in [6.07, 6.45) is -0.373. The van der Waals surface area contributed by atoms with E-state index in [1.165, 1.54) is 13.8 Å². The second-order valence-electron chi connectivity index (χ2n) is 11.8. The SMILES string of the molecule is CCOC(=O)c1sc2c(c1C)C(=O)N(C(C)(C)C(N)=O)C(O)N2C[C@H](OC1CCC(O)CC1)c1ccccc1OC(C)C. The molecule has 0 radical (unpaired) electrons. The lowest BCUT2D eigenvalue weighted by molar-refractivity contribution is -0.133. The van der Waals surface area contributed by atoms with Crippen molar-refractivity contribution >= 4 is 34.1 Å². The maximum atomic E-state index is 13.9. The lowest BCUT2D eigenvalue weighted by Gasteiger charge is -2.48. The van der Waals surface area contributed by atoms with Gasteiger partial charge in [0.2, 0.25) is 12.3 Å². The molecule has 1 aliphatic heterocycles. The third kappa shape index (κ3) is 6.67. The van der Waals surface area contributed by atoms with Crippen LogP contribution in [0.4, 0.5) is 5.00 Å². The van der Waals surface area contributed by atoms with E-state index in [1.807, 2.05) is 38.1 Å². The number of ether oxygens (including phenoxy) is 3. The van der Waals surface area contributed by atoms with Gasteiger partial charge in [-0.1, -0.05) is 18.2 Å². The van der Waals surface area contributed by atoms with Crippen LogP contribution in [0.1, 0.15) is 97.6 Å². The molecule has 4 rings (SSSR count). The summed E-state index contributed by atoms with van der Waals surface area (Å²) < 4.78 is 18.1. The summed E-state index contributed by atoms with van der Waals surface area (Å²) in [4.78, 5) is 42.2. The third-order valence-electron chi connectivity index (χ3n) is 7.99. The topological polar surface area (TPSA) is 152 Å². The Labute approximate surface area is 256 Å². The van der Waals surface area contributed by atoms with E-state index in [0.29, 0.717) is 42.0 Å². The molecule has 1 aromatic carbocycles. The van der Waals surface area contributed by atoms with E-state index in [9.17, 15) is 24.6 Å². The van der Waals surface area contributed by atoms with Crippen LogP contribution < -0.4 is 15.4 Å². The largest absolute Gasteiger partial charge is 0.491 e. The van der Waals surface area contributed by atoms with Gasteiger partial charge >= 0.3 is 5.97 Å². The molecule has 4 N–H and O–H groups in total. The Kier molecular flexibility index (Phi) is 10.1. The zero-order valence-corrected chi connectivity index (χ0v) is 26.5. The van der Waals surface area contributed by atoms with Gasteiger partial charge in [-0.05, 0) is 78.9 Å². The molecule has 2 atom stereocenters. The number of fused-ring (bicyclic) bond motifs is 1. The zero-order valence-electron chi connectivity index (χ0n) is 25.7. The van der Waals surface area contributed by atoms with E-state index in [1.54, 1.807) is 18.7 Å². The molecule has 1 aliphatic carbocycles. The van der Waals surface area contributed by atoms with Crippen LogP contribution in [0.25, 0.3) is 0 Å². The molecule has 0 spiro atoms. The first kappa shape index (κ1) is 32.7. The number of thiophene rings is 1. The summed E-state index contributed by atoms with van der Waals surface area (Å²) in [5, 5.41) is 22.3. The lowest BCUT2D eigenvalue weighted by Crippen LogP contribution is -2.66. The fourth-order valence-electron chi connectivity index (χ4n) is 5.57. The number of carbonyl (C=O) groups is 3. The smallest absolute Gasteiger partial charge is 0.348 e. The van der Waals surface area contributed by atoms with Gasteiger partial charge < -0.3 is 35.1 Å². The second kappa shape index (κ2) is 13.2. The number of hydrogen-bond acceptors (Lipinski definition) is 10. The number of nitrogens with two attached hydrogens (primary N) is 1. The van der Waals surface area contributed by atoms with Gasteiger partial charge in [-0.2, -0.15) is 0 Å². The highest BCUT2D eigenvalue weighted by Crippen LogP contribution is 2.45. The molecule has 11 nitrogen and oxygen atoms in total. The van der Waals surface area contributed by atoms with Crippen molar-refractivity contribution in [3.63, 3.8) is 0 Å². The van der Waals surface area contributed by atoms with Crippen molar-refractivity contribution in [1.82, 2.24) is 4.90 Å². The Balaban J connectivity index is 1.84. The number of carbonyl (C=O) groups excluding carboxylic acids is 3. The van der Waals surface area contributed by atoms with Crippen molar-refractivity contribution in [2.45, 2.75) is 104 Å². The number of aliphatic hydroxyl groups is 2. The Bertz CT molecular complexity index is 1330. The number of esters is 1. The van der Waals surface area contributed by atoms with E-state index >= 15 is 0 Å². The fourth-order valence-corrected chi connectivity index (χ4v) is 6.79. The van der Waals surface area contributed by atoms with Gasteiger partial charge in [-0.3, -0.25) is 14.5 Å². The van der Waals surface area contributed by atoms with Crippen molar-refractivity contribution in [2.24, 2.45) is 5.73 Å². The number of anilines is 1. The van der Waals surface area contributed by atoms with Crippen molar-refractivity contribution in [1.29, 1.82) is 0 Å². The van der Waals surface area contributed by atoms with Crippen molar-refractivity contribution < 1.29 is 38.8 Å². The minimum absolute atomic E-state index is 0.0481. The van der Waals surface area contributed by atoms with Gasteiger partial charge in [-0.15, -0.1) is 11.3 Å². The van der Waals surface area contributed by atoms with E-state index in [-0.39, 0.29) is 41.9 Å². The summed E-state index contributed by atoms with van der Waals surface area (Å²) >= 11 is 1.05. The molecule has 1 fully saturated rings. The molecule has 1 aromatic heterocycles. The van der Waals surface area contributed by atoms with Crippen LogP contribution >= 0.6 is 11.3 Å². The first-order valence-corrected chi connectivity index (χ1v) is 15.6. The lowest BCUT2D eigenvalue weighted by atomic mass is 9.94. The van der Waals surface area contributed by atoms with Crippen LogP contribution in [0.2, 0.25) is 0 Å². The Hall–Kier alpha value is -3.19. The molecule has 2 heterocycles. The molecule has 2 aliphatic rings. The number of nitrogens with zero attached hydrogens (tertiary/aromatic N) is 2. The summed E-state index contributed by atoms with van der Waals surface area (Å²) in [6.45, 7) is 10.3. The first-order chi connectivity index (χ1) is 20.3. The summed E-state index contributed by atoms with van der Waals surface area (Å²) in [7, 11) is 0. The van der Waals surface area contributed by atoms with E-state index < -0.39 is 35.8 Å². The summed E-state index contributed by atoms with van der Waals surface area (Å²) in [6, 6.07) is 7.50. The quantitative estimate of drug-likeness (QED) is 0.319. The van der Waals surface area contributed by atoms with E-state index in [4.69, 9.17) is 19.9 Å². The third-order valence-corrected chi connectivity index (χ3v) is 9.30. The number of amides is 2. The van der Waals surface area contributed by atoms with E-state index in [2.05, 4.69) is 0 Å². The van der Waals surface area contributed by atoms with Crippen LogP contribution in [0.3, 0.4) is 0 Å². The van der Waals surface area contributed by atoms with Crippen LogP contribution in [-0.2, 0) is 14.3 Å². The van der Waals surface area contributed by atoms with Gasteiger partial charge in [0.15, 0.2) is 0 Å². The number of aliphatic hydroxyl groups excluding tert-OH is 2. The van der Waals surface area contributed by atoms with Crippen LogP contribution in [0.5, 0.6) is 5.75 Å². The molecule has 0 bridgehead atoms. The Morgan fingerprint density at radius 1 is 1.14 bits per heavy atom. The molecule has 2 amide bonds. The zero-order chi connectivity index (χ0) is 31.6. The van der Waals surface area contributed by atoms with Crippen LogP contribution in [-0.4, -0.2) is 76.3 Å². The minimum Gasteiger partial charge on any atom is -0.491 e. The number of hydrogen-bond donors (Lipinski definition) is 3. The molecular formula is C31H43N3O8S. The molecular weight excluding hydrogens is 574 g/mol. The van der Waals surface area contributed by atoms with Crippen molar-refractivity contribution in [3.05, 3.63) is 45.8 Å². The average molecular weight is 618 g/mol. The van der Waals surface area contributed by atoms with Crippen LogP contribution in [0, 0.1) is 6.92 Å². The monoisotopic (exact) mass is 617 g/mol. The molecule has 1 unspecified atom stereocenters. The molecule has 2 aromatic rings. The molecule has 1 saturated carbocycles. The number of benzene rings is 1. The van der Waals surface area contributed by atoms with Crippen LogP contribution in [0.15, 0.2) is 24.3 Å². The number of primary amides is 1. The van der Waals surface area contributed by atoms with Gasteiger partial charge in [0.1, 0.15) is 27.3 Å². The molecule has 236 valence electrons. The standard InChI is InChI=1S/C31H43N3O8S/c1-7-40-28(37)25-18(4)24-26(36)34(31(5,6)29(32)38)30(39)33(27(24)43-25)16-23(42-20-14-12-19(35)13-15-20)21-10-8-9-11-22(21)41-17(2)3/h8-11,17,19-20,23,30,35,39H,7,12-16H2,1-6H3,(H2,32,38)/t19?,20?,23-,30?/m0/s1. The van der Waals surface area contributed by atoms with E-state index in [0.717, 1.165) is 21.8 Å². The molecule has 43 heavy (non-hydrogen) atoms. The van der Waals surface area contributed by atoms with Gasteiger partial charge in [-0.25, -0.2) is 4.79 Å². The highest BCUT2D eigenvalue weighted by Gasteiger charge is 2.50. The van der Waals surface area contributed by atoms with Gasteiger partial charge in [0.05, 0.1) is 37.0 Å². The Morgan fingerprint density at radius 3 is 2.40 bits per heavy atom. The Morgan fingerprint density at radius 2 is 1.79 bits per heavy atom. The van der Waals surface area contributed by atoms with Gasteiger partial charge in [0, 0.05) is 5.56 Å². The highest BCUT2D eigenvalue weighted by atomic mass is 32.1. The number of para-hydroxylation sites is 1. The fraction of sp³-hybridized carbons (Fsp3) is 0.581. The minimum atomic E-state index is -1.60. The maximum absolute atomic E-state index is 13.9. The maximum Gasteiger partial charge on any atom is 0.348 e. The second-order valence-corrected chi connectivity index (χ2v) is 12.8. The van der Waals surface area contributed by atoms with Gasteiger partial charge in [0.25, 0.3) is 5.91 Å². The summed E-state index contributed by atoms with van der Waals surface area (Å²) in [5.41, 5.74) is 5.48. The number of rotatable bonds is 11. The first-order valence-electron chi connectivity index (χ1n) is 14.8. The average Bonchev–Trinajstić information content (AvgIpc) is 3.29. The predicted molar refractivity (Wildman–Crippen MR) is 162 cm³/mol. The van der Waals surface area contributed by atoms with Crippen molar-refractivity contribution in [3.8, 4) is 5.75 Å². The summed E-state index contributed by atoms with van der Waals surface area (Å²) in [5.74, 6) is -1.38. The predicted octanol–water partition coefficient (Wildman–Crippen LogP) is 3.88.